The van der Waals surface area contributed by atoms with Crippen LogP contribution in [0.4, 0.5) is 5.69 Å². The Morgan fingerprint density at radius 3 is 2.38 bits per heavy atom. The van der Waals surface area contributed by atoms with E-state index in [4.69, 9.17) is 5.73 Å². The number of benzene rings is 1. The number of hydrogen-bond donors (Lipinski definition) is 1. The molecular formula is C13H19N3. The molecule has 86 valence electrons. The molecule has 0 bridgehead atoms. The number of nitrogens with two attached hydrogens (primary N) is 1. The van der Waals surface area contributed by atoms with Crippen LogP contribution >= 0.6 is 0 Å². The van der Waals surface area contributed by atoms with Gasteiger partial charge >= 0.3 is 0 Å². The molecule has 0 aliphatic carbocycles. The number of nitrogens with zero attached hydrogens (tertiary/aromatic N) is 2. The molecule has 16 heavy (non-hydrogen) atoms. The molecule has 0 radical (unpaired) electrons. The third kappa shape index (κ3) is 2.75. The number of hydrogen-bond acceptors (Lipinski definition) is 3. The van der Waals surface area contributed by atoms with Crippen molar-refractivity contribution in [3.63, 3.8) is 0 Å². The molecule has 2 rings (SSSR count). The van der Waals surface area contributed by atoms with Gasteiger partial charge in [-0.3, -0.25) is 5.01 Å². The molecule has 0 aromatic heterocycles. The summed E-state index contributed by atoms with van der Waals surface area (Å²) in [5, 5.41) is 6.82. The summed E-state index contributed by atoms with van der Waals surface area (Å²) in [5.74, 6) is 0. The van der Waals surface area contributed by atoms with Crippen molar-refractivity contribution in [3.05, 3.63) is 29.8 Å². The van der Waals surface area contributed by atoms with Crippen molar-refractivity contribution in [1.29, 1.82) is 0 Å². The smallest absolute Gasteiger partial charge is 0.0646 e. The van der Waals surface area contributed by atoms with E-state index in [-0.39, 0.29) is 0 Å². The summed E-state index contributed by atoms with van der Waals surface area (Å²) in [4.78, 5) is 0. The molecule has 1 saturated heterocycles. The van der Waals surface area contributed by atoms with Crippen molar-refractivity contribution in [1.82, 2.24) is 5.01 Å². The Labute approximate surface area is 96.9 Å². The Morgan fingerprint density at radius 2 is 1.75 bits per heavy atom. The van der Waals surface area contributed by atoms with Crippen molar-refractivity contribution in [2.75, 3.05) is 18.8 Å². The number of piperidine rings is 1. The molecule has 0 atom stereocenters. The zero-order valence-corrected chi connectivity index (χ0v) is 9.82. The Bertz CT molecular complexity index is 361. The van der Waals surface area contributed by atoms with Gasteiger partial charge in [-0.1, -0.05) is 12.1 Å². The second-order valence-corrected chi connectivity index (χ2v) is 4.32. The summed E-state index contributed by atoms with van der Waals surface area (Å²) in [6.45, 7) is 4.23. The lowest BCUT2D eigenvalue weighted by atomic mass is 10.1. The van der Waals surface area contributed by atoms with E-state index in [1.54, 1.807) is 0 Å². The van der Waals surface area contributed by atoms with Crippen LogP contribution in [-0.4, -0.2) is 23.8 Å². The van der Waals surface area contributed by atoms with Gasteiger partial charge in [0.25, 0.3) is 0 Å². The summed E-state index contributed by atoms with van der Waals surface area (Å²) in [6.07, 6.45) is 3.87. The fraction of sp³-hybridized carbons (Fsp3) is 0.462. The van der Waals surface area contributed by atoms with E-state index >= 15 is 0 Å². The van der Waals surface area contributed by atoms with Crippen LogP contribution in [0.1, 0.15) is 31.7 Å². The molecule has 2 N–H and O–H groups in total. The first-order valence-corrected chi connectivity index (χ1v) is 5.92. The second kappa shape index (κ2) is 5.01. The van der Waals surface area contributed by atoms with E-state index in [1.165, 1.54) is 19.3 Å². The molecule has 1 aliphatic rings. The van der Waals surface area contributed by atoms with Crippen LogP contribution < -0.4 is 5.73 Å². The first-order chi connectivity index (χ1) is 7.75. The second-order valence-electron chi connectivity index (χ2n) is 4.32. The fourth-order valence-electron chi connectivity index (χ4n) is 1.97. The number of rotatable bonds is 2. The molecule has 0 spiro atoms. The maximum absolute atomic E-state index is 5.66. The van der Waals surface area contributed by atoms with Crippen LogP contribution in [-0.2, 0) is 0 Å². The Kier molecular flexibility index (Phi) is 3.44. The zero-order valence-electron chi connectivity index (χ0n) is 9.82. The molecule has 3 nitrogen and oxygen atoms in total. The molecule has 1 aromatic rings. The minimum atomic E-state index is 0.800. The van der Waals surface area contributed by atoms with Gasteiger partial charge < -0.3 is 5.73 Å². The van der Waals surface area contributed by atoms with Gasteiger partial charge in [0.1, 0.15) is 0 Å². The van der Waals surface area contributed by atoms with Gasteiger partial charge in [-0.25, -0.2) is 0 Å². The topological polar surface area (TPSA) is 41.6 Å². The lowest BCUT2D eigenvalue weighted by Crippen LogP contribution is -2.25. The third-order valence-corrected chi connectivity index (χ3v) is 2.95. The fourth-order valence-corrected chi connectivity index (χ4v) is 1.97. The maximum atomic E-state index is 5.66. The Balaban J connectivity index is 2.07. The average molecular weight is 217 g/mol. The summed E-state index contributed by atoms with van der Waals surface area (Å²) >= 11 is 0. The van der Waals surface area contributed by atoms with Crippen LogP contribution in [0.2, 0.25) is 0 Å². The Morgan fingerprint density at radius 1 is 1.12 bits per heavy atom. The van der Waals surface area contributed by atoms with Gasteiger partial charge in [-0.05, 0) is 43.9 Å². The quantitative estimate of drug-likeness (QED) is 0.611. The number of hydrazone groups is 1. The lowest BCUT2D eigenvalue weighted by molar-refractivity contribution is 0.239. The lowest BCUT2D eigenvalue weighted by Gasteiger charge is -2.24. The molecule has 1 heterocycles. The minimum absolute atomic E-state index is 0.800. The minimum Gasteiger partial charge on any atom is -0.399 e. The van der Waals surface area contributed by atoms with Gasteiger partial charge in [0.2, 0.25) is 0 Å². The normalized spacial score (nSPS) is 17.6. The molecule has 0 unspecified atom stereocenters. The van der Waals surface area contributed by atoms with Gasteiger partial charge in [0.15, 0.2) is 0 Å². The van der Waals surface area contributed by atoms with E-state index in [0.29, 0.717) is 0 Å². The first-order valence-electron chi connectivity index (χ1n) is 5.92. The summed E-state index contributed by atoms with van der Waals surface area (Å²) in [5.41, 5.74) is 8.69. The van der Waals surface area contributed by atoms with Crippen LogP contribution in [0.3, 0.4) is 0 Å². The van der Waals surface area contributed by atoms with E-state index in [1.807, 2.05) is 24.3 Å². The van der Waals surface area contributed by atoms with Crippen LogP contribution in [0, 0.1) is 0 Å². The highest BCUT2D eigenvalue weighted by Crippen LogP contribution is 2.11. The van der Waals surface area contributed by atoms with Gasteiger partial charge in [-0.2, -0.15) is 5.10 Å². The van der Waals surface area contributed by atoms with Crippen LogP contribution in [0.25, 0.3) is 0 Å². The van der Waals surface area contributed by atoms with E-state index in [9.17, 15) is 0 Å². The van der Waals surface area contributed by atoms with Crippen LogP contribution in [0.5, 0.6) is 0 Å². The molecule has 1 aliphatic heterocycles. The van der Waals surface area contributed by atoms with Crippen molar-refractivity contribution in [3.8, 4) is 0 Å². The first kappa shape index (κ1) is 11.0. The molecular weight excluding hydrogens is 198 g/mol. The average Bonchev–Trinajstić information content (AvgIpc) is 2.31. The highest BCUT2D eigenvalue weighted by molar-refractivity contribution is 5.98. The van der Waals surface area contributed by atoms with Crippen molar-refractivity contribution in [2.45, 2.75) is 26.2 Å². The predicted octanol–water partition coefficient (Wildman–Crippen LogP) is 2.48. The SMILES string of the molecule is C/C(=N\N1CCCCC1)c1ccc(N)cc1. The zero-order chi connectivity index (χ0) is 11.4. The highest BCUT2D eigenvalue weighted by Gasteiger charge is 2.08. The van der Waals surface area contributed by atoms with Crippen LogP contribution in [0.15, 0.2) is 29.4 Å². The monoisotopic (exact) mass is 217 g/mol. The molecule has 1 aromatic carbocycles. The molecule has 0 saturated carbocycles. The standard InChI is InChI=1S/C13H19N3/c1-11(12-5-7-13(14)8-6-12)15-16-9-3-2-4-10-16/h5-8H,2-4,9-10,14H2,1H3/b15-11+. The maximum Gasteiger partial charge on any atom is 0.0646 e. The highest BCUT2D eigenvalue weighted by atomic mass is 15.4. The molecule has 1 fully saturated rings. The Hall–Kier alpha value is -1.51. The van der Waals surface area contributed by atoms with E-state index in [2.05, 4.69) is 17.0 Å². The van der Waals surface area contributed by atoms with Crippen molar-refractivity contribution < 1.29 is 0 Å². The predicted molar refractivity (Wildman–Crippen MR) is 68.5 cm³/mol. The molecule has 3 heteroatoms. The van der Waals surface area contributed by atoms with Crippen molar-refractivity contribution >= 4 is 11.4 Å². The summed E-state index contributed by atoms with van der Waals surface area (Å²) in [6, 6.07) is 7.89. The third-order valence-electron chi connectivity index (χ3n) is 2.95. The van der Waals surface area contributed by atoms with E-state index in [0.717, 1.165) is 30.1 Å². The number of anilines is 1. The largest absolute Gasteiger partial charge is 0.399 e. The van der Waals surface area contributed by atoms with E-state index < -0.39 is 0 Å². The van der Waals surface area contributed by atoms with Crippen molar-refractivity contribution in [2.24, 2.45) is 5.10 Å². The number of nitrogen functional groups attached to an aromatic ring is 1. The van der Waals surface area contributed by atoms with Gasteiger partial charge in [0.05, 0.1) is 5.71 Å². The molecule has 0 amide bonds. The summed E-state index contributed by atoms with van der Waals surface area (Å²) < 4.78 is 0. The van der Waals surface area contributed by atoms with Gasteiger partial charge in [-0.15, -0.1) is 0 Å². The summed E-state index contributed by atoms with van der Waals surface area (Å²) in [7, 11) is 0. The van der Waals surface area contributed by atoms with Gasteiger partial charge in [0, 0.05) is 18.8 Å².